The molecule has 1 atom stereocenters. The van der Waals surface area contributed by atoms with E-state index in [-0.39, 0.29) is 25.5 Å². The van der Waals surface area contributed by atoms with Gasteiger partial charge in [-0.3, -0.25) is 4.98 Å². The van der Waals surface area contributed by atoms with Gasteiger partial charge >= 0.3 is 5.97 Å². The number of carbonyl (C=O) groups is 1. The lowest BCUT2D eigenvalue weighted by atomic mass is 10.0. The van der Waals surface area contributed by atoms with Crippen LogP contribution in [0.25, 0.3) is 21.9 Å². The second-order valence-corrected chi connectivity index (χ2v) is 11.2. The van der Waals surface area contributed by atoms with Gasteiger partial charge in [0.25, 0.3) is 0 Å². The van der Waals surface area contributed by atoms with Gasteiger partial charge in [-0.25, -0.2) is 13.2 Å². The highest BCUT2D eigenvalue weighted by atomic mass is 35.5. The molecule has 0 aliphatic heterocycles. The molecule has 4 rings (SSSR count). The van der Waals surface area contributed by atoms with Crippen LogP contribution in [-0.4, -0.2) is 30.5 Å². The van der Waals surface area contributed by atoms with Gasteiger partial charge < -0.3 is 10.4 Å². The number of aliphatic carboxylic acids is 1. The largest absolute Gasteiger partial charge is 0.480 e. The number of benzene rings is 3. The first kappa shape index (κ1) is 25.9. The van der Waals surface area contributed by atoms with Crippen LogP contribution in [0.3, 0.4) is 0 Å². The van der Waals surface area contributed by atoms with Crippen molar-refractivity contribution in [2.45, 2.75) is 42.0 Å². The summed E-state index contributed by atoms with van der Waals surface area (Å²) >= 11 is 12.3. The third-order valence-electron chi connectivity index (χ3n) is 5.87. The number of carboxylic acid groups (broad SMARTS) is 1. The van der Waals surface area contributed by atoms with Gasteiger partial charge in [0.05, 0.1) is 10.6 Å². The van der Waals surface area contributed by atoms with Gasteiger partial charge in [0.1, 0.15) is 10.9 Å². The number of nitrogens with zero attached hydrogens (tertiary/aromatic N) is 1. The van der Waals surface area contributed by atoms with Crippen molar-refractivity contribution in [1.29, 1.82) is 0 Å². The molecule has 0 fully saturated rings. The lowest BCUT2D eigenvalue weighted by Gasteiger charge is -2.20. The molecule has 36 heavy (non-hydrogen) atoms. The Kier molecular flexibility index (Phi) is 7.83. The first-order valence-electron chi connectivity index (χ1n) is 11.4. The molecule has 1 heterocycles. The molecule has 0 bridgehead atoms. The summed E-state index contributed by atoms with van der Waals surface area (Å²) in [6.45, 7) is 1.97. The van der Waals surface area contributed by atoms with E-state index >= 15 is 0 Å². The van der Waals surface area contributed by atoms with Crippen molar-refractivity contribution in [3.63, 3.8) is 0 Å². The first-order chi connectivity index (χ1) is 17.2. The molecule has 0 spiro atoms. The van der Waals surface area contributed by atoms with Gasteiger partial charge in [-0.2, -0.15) is 0 Å². The molecular formula is C27H24Cl2N2O4S. The highest BCUT2D eigenvalue weighted by Gasteiger charge is 2.28. The van der Waals surface area contributed by atoms with Crippen LogP contribution in [0, 0.1) is 0 Å². The molecule has 1 unspecified atom stereocenters. The zero-order chi connectivity index (χ0) is 25.9. The Morgan fingerprint density at radius 1 is 0.972 bits per heavy atom. The molecule has 4 aromatic rings. The average molecular weight is 543 g/mol. The number of anilines is 1. The minimum Gasteiger partial charge on any atom is -0.480 e. The van der Waals surface area contributed by atoms with Gasteiger partial charge in [0.15, 0.2) is 0 Å². The van der Waals surface area contributed by atoms with E-state index < -0.39 is 21.8 Å². The smallest absolute Gasteiger partial charge is 0.326 e. The van der Waals surface area contributed by atoms with Crippen LogP contribution < -0.4 is 5.32 Å². The molecule has 0 aliphatic rings. The van der Waals surface area contributed by atoms with Gasteiger partial charge in [-0.1, -0.05) is 61.2 Å². The number of hydrogen-bond acceptors (Lipinski definition) is 5. The summed E-state index contributed by atoms with van der Waals surface area (Å²) < 4.78 is 28.0. The van der Waals surface area contributed by atoms with Crippen LogP contribution in [0.15, 0.2) is 82.8 Å². The van der Waals surface area contributed by atoms with E-state index in [0.29, 0.717) is 23.6 Å². The van der Waals surface area contributed by atoms with Crippen molar-refractivity contribution in [2.24, 2.45) is 0 Å². The molecule has 2 N–H and O–H groups in total. The summed E-state index contributed by atoms with van der Waals surface area (Å²) in [6, 6.07) is 15.8. The van der Waals surface area contributed by atoms with E-state index in [0.717, 1.165) is 17.5 Å². The van der Waals surface area contributed by atoms with Gasteiger partial charge in [-0.05, 0) is 65.4 Å². The number of unbranched alkanes of at least 4 members (excludes halogenated alkanes) is 1. The molecule has 9 heteroatoms. The zero-order valence-electron chi connectivity index (χ0n) is 19.4. The van der Waals surface area contributed by atoms with Crippen molar-refractivity contribution in [3.8, 4) is 11.1 Å². The fourth-order valence-corrected chi connectivity index (χ4v) is 6.43. The van der Waals surface area contributed by atoms with Gasteiger partial charge in [0, 0.05) is 27.8 Å². The summed E-state index contributed by atoms with van der Waals surface area (Å²) in [5.41, 5.74) is 2.04. The Bertz CT molecular complexity index is 1510. The van der Waals surface area contributed by atoms with Crippen molar-refractivity contribution in [2.75, 3.05) is 5.32 Å². The van der Waals surface area contributed by atoms with E-state index in [2.05, 4.69) is 10.3 Å². The number of nitrogens with one attached hydrogen (secondary N) is 1. The molecule has 0 radical (unpaired) electrons. The predicted octanol–water partition coefficient (Wildman–Crippen LogP) is 7.10. The molecule has 1 aromatic heterocycles. The number of rotatable bonds is 9. The Morgan fingerprint density at radius 3 is 2.31 bits per heavy atom. The molecule has 0 aliphatic carbocycles. The van der Waals surface area contributed by atoms with Crippen molar-refractivity contribution in [1.82, 2.24) is 4.98 Å². The number of hydrogen-bond donors (Lipinski definition) is 2. The van der Waals surface area contributed by atoms with E-state index in [1.54, 1.807) is 30.6 Å². The Labute approximate surface area is 219 Å². The summed E-state index contributed by atoms with van der Waals surface area (Å²) in [7, 11) is -4.14. The lowest BCUT2D eigenvalue weighted by molar-refractivity contribution is -0.138. The van der Waals surface area contributed by atoms with Gasteiger partial charge in [0.2, 0.25) is 9.84 Å². The number of aromatic nitrogens is 1. The summed E-state index contributed by atoms with van der Waals surface area (Å²) in [6.07, 6.45) is 5.22. The maximum Gasteiger partial charge on any atom is 0.326 e. The fourth-order valence-electron chi connectivity index (χ4n) is 4.08. The molecule has 0 saturated heterocycles. The summed E-state index contributed by atoms with van der Waals surface area (Å²) in [5, 5.41) is 14.2. The SMILES string of the molecule is CCCCC(Nc1ccc2cc(-c3ccncc3)ccc2c1S(=O)(=O)c1cc(Cl)cc(Cl)c1)C(=O)O. The second kappa shape index (κ2) is 10.9. The van der Waals surface area contributed by atoms with Crippen LogP contribution in [0.1, 0.15) is 26.2 Å². The highest BCUT2D eigenvalue weighted by molar-refractivity contribution is 7.92. The Morgan fingerprint density at radius 2 is 1.67 bits per heavy atom. The van der Waals surface area contributed by atoms with E-state index in [9.17, 15) is 18.3 Å². The first-order valence-corrected chi connectivity index (χ1v) is 13.6. The maximum atomic E-state index is 14.0. The van der Waals surface area contributed by atoms with Crippen molar-refractivity contribution < 1.29 is 18.3 Å². The average Bonchev–Trinajstić information content (AvgIpc) is 2.85. The third-order valence-corrected chi connectivity index (χ3v) is 8.14. The normalized spacial score (nSPS) is 12.4. The third kappa shape index (κ3) is 5.48. The second-order valence-electron chi connectivity index (χ2n) is 8.40. The Balaban J connectivity index is 1.94. The molecule has 3 aromatic carbocycles. The Hall–Kier alpha value is -3.13. The topological polar surface area (TPSA) is 96.4 Å². The molecular weight excluding hydrogens is 519 g/mol. The van der Waals surface area contributed by atoms with Crippen molar-refractivity contribution >= 4 is 55.5 Å². The minimum atomic E-state index is -4.14. The predicted molar refractivity (Wildman–Crippen MR) is 144 cm³/mol. The fraction of sp³-hybridized carbons (Fsp3) is 0.185. The van der Waals surface area contributed by atoms with Crippen LogP contribution >= 0.6 is 23.2 Å². The lowest BCUT2D eigenvalue weighted by Crippen LogP contribution is -2.30. The minimum absolute atomic E-state index is 0.0256. The zero-order valence-corrected chi connectivity index (χ0v) is 21.7. The van der Waals surface area contributed by atoms with E-state index in [4.69, 9.17) is 23.2 Å². The number of carboxylic acids is 1. The monoisotopic (exact) mass is 542 g/mol. The quantitative estimate of drug-likeness (QED) is 0.234. The summed E-state index contributed by atoms with van der Waals surface area (Å²) in [5.74, 6) is -1.05. The van der Waals surface area contributed by atoms with E-state index in [1.165, 1.54) is 18.2 Å². The summed E-state index contributed by atoms with van der Waals surface area (Å²) in [4.78, 5) is 15.9. The standard InChI is InChI=1S/C27H24Cl2N2O4S/c1-2-3-4-25(27(32)33)31-24-8-6-19-13-18(17-9-11-30-12-10-17)5-7-23(19)26(24)36(34,35)22-15-20(28)14-21(29)16-22/h5-16,25,31H,2-4H2,1H3,(H,32,33). The highest BCUT2D eigenvalue weighted by Crippen LogP contribution is 2.38. The van der Waals surface area contributed by atoms with Crippen LogP contribution in [0.4, 0.5) is 5.69 Å². The van der Waals surface area contributed by atoms with E-state index in [1.807, 2.05) is 31.2 Å². The molecule has 6 nitrogen and oxygen atoms in total. The van der Waals surface area contributed by atoms with Crippen molar-refractivity contribution in [3.05, 3.63) is 83.1 Å². The number of pyridine rings is 1. The molecule has 0 amide bonds. The van der Waals surface area contributed by atoms with Gasteiger partial charge in [-0.15, -0.1) is 0 Å². The van der Waals surface area contributed by atoms with Crippen LogP contribution in [-0.2, 0) is 14.6 Å². The maximum absolute atomic E-state index is 14.0. The molecule has 0 saturated carbocycles. The molecule has 186 valence electrons. The van der Waals surface area contributed by atoms with Crippen LogP contribution in [0.5, 0.6) is 0 Å². The van der Waals surface area contributed by atoms with Crippen LogP contribution in [0.2, 0.25) is 10.0 Å². The number of halogens is 2. The number of sulfone groups is 1. The number of fused-ring (bicyclic) bond motifs is 1.